The van der Waals surface area contributed by atoms with Gasteiger partial charge in [0.2, 0.25) is 11.8 Å². The van der Waals surface area contributed by atoms with Gasteiger partial charge in [0.1, 0.15) is 0 Å². The predicted octanol–water partition coefficient (Wildman–Crippen LogP) is 3.17. The number of anilines is 3. The van der Waals surface area contributed by atoms with Crippen molar-refractivity contribution in [2.24, 2.45) is 5.92 Å². The molecule has 1 atom stereocenters. The number of hydrogen-bond acceptors (Lipinski definition) is 4. The van der Waals surface area contributed by atoms with Crippen molar-refractivity contribution in [1.29, 1.82) is 0 Å². The summed E-state index contributed by atoms with van der Waals surface area (Å²) in [4.78, 5) is 29.2. The summed E-state index contributed by atoms with van der Waals surface area (Å²) in [7, 11) is 0. The zero-order valence-electron chi connectivity index (χ0n) is 15.4. The van der Waals surface area contributed by atoms with Crippen molar-refractivity contribution in [3.63, 3.8) is 0 Å². The van der Waals surface area contributed by atoms with Gasteiger partial charge in [0.15, 0.2) is 0 Å². The van der Waals surface area contributed by atoms with Crippen LogP contribution in [0, 0.1) is 5.92 Å². The van der Waals surface area contributed by atoms with Crippen molar-refractivity contribution in [1.82, 2.24) is 0 Å². The third kappa shape index (κ3) is 3.98. The van der Waals surface area contributed by atoms with Crippen LogP contribution in [0.2, 0.25) is 5.02 Å². The average Bonchev–Trinajstić information content (AvgIpc) is 3.11. The number of nitrogens with zero attached hydrogens (tertiary/aromatic N) is 2. The van der Waals surface area contributed by atoms with Crippen LogP contribution in [0.5, 0.6) is 0 Å². The minimum absolute atomic E-state index is 0.0659. The Morgan fingerprint density at radius 2 is 1.89 bits per heavy atom. The van der Waals surface area contributed by atoms with E-state index in [9.17, 15) is 9.59 Å². The van der Waals surface area contributed by atoms with Crippen LogP contribution in [0.4, 0.5) is 17.1 Å². The SMILES string of the molecule is O=C(Nc1ccccc1N1CCOCC1)C1CC(=O)N(c2cccc(Cl)c2)C1. The molecule has 0 aliphatic carbocycles. The summed E-state index contributed by atoms with van der Waals surface area (Å²) in [5.41, 5.74) is 2.47. The highest BCUT2D eigenvalue weighted by Gasteiger charge is 2.35. The molecule has 28 heavy (non-hydrogen) atoms. The van der Waals surface area contributed by atoms with Gasteiger partial charge >= 0.3 is 0 Å². The Morgan fingerprint density at radius 1 is 1.11 bits per heavy atom. The smallest absolute Gasteiger partial charge is 0.229 e. The molecule has 2 aromatic carbocycles. The summed E-state index contributed by atoms with van der Waals surface area (Å²) in [5, 5.41) is 3.59. The van der Waals surface area contributed by atoms with Crippen LogP contribution >= 0.6 is 11.6 Å². The first-order valence-electron chi connectivity index (χ1n) is 9.40. The van der Waals surface area contributed by atoms with Gasteiger partial charge in [-0.05, 0) is 30.3 Å². The lowest BCUT2D eigenvalue weighted by Crippen LogP contribution is -2.37. The Bertz CT molecular complexity index is 883. The van der Waals surface area contributed by atoms with Gasteiger partial charge < -0.3 is 19.9 Å². The van der Waals surface area contributed by atoms with Gasteiger partial charge in [-0.15, -0.1) is 0 Å². The Kier molecular flexibility index (Phi) is 5.50. The minimum Gasteiger partial charge on any atom is -0.378 e. The van der Waals surface area contributed by atoms with E-state index in [4.69, 9.17) is 16.3 Å². The highest BCUT2D eigenvalue weighted by atomic mass is 35.5. The van der Waals surface area contributed by atoms with Crippen LogP contribution in [0.15, 0.2) is 48.5 Å². The van der Waals surface area contributed by atoms with Crippen LogP contribution in [0.3, 0.4) is 0 Å². The number of para-hydroxylation sites is 2. The molecule has 0 saturated carbocycles. The summed E-state index contributed by atoms with van der Waals surface area (Å²) in [5.74, 6) is -0.605. The number of carbonyl (C=O) groups is 2. The fraction of sp³-hybridized carbons (Fsp3) is 0.333. The number of amides is 2. The molecular formula is C21H22ClN3O3. The minimum atomic E-state index is -0.399. The number of hydrogen-bond donors (Lipinski definition) is 1. The van der Waals surface area contributed by atoms with E-state index < -0.39 is 5.92 Å². The number of ether oxygens (including phenoxy) is 1. The molecule has 1 unspecified atom stereocenters. The van der Waals surface area contributed by atoms with Gasteiger partial charge in [-0.25, -0.2) is 0 Å². The molecule has 1 N–H and O–H groups in total. The Morgan fingerprint density at radius 3 is 2.68 bits per heavy atom. The molecule has 2 amide bonds. The number of rotatable bonds is 4. The van der Waals surface area contributed by atoms with E-state index in [1.165, 1.54) is 0 Å². The molecule has 6 nitrogen and oxygen atoms in total. The molecule has 2 aliphatic rings. The van der Waals surface area contributed by atoms with Crippen LogP contribution in [0.25, 0.3) is 0 Å². The lowest BCUT2D eigenvalue weighted by atomic mass is 10.1. The standard InChI is InChI=1S/C21H22ClN3O3/c22-16-4-3-5-17(13-16)25-14-15(12-20(25)26)21(27)23-18-6-1-2-7-19(18)24-8-10-28-11-9-24/h1-7,13,15H,8-12,14H2,(H,23,27). The van der Waals surface area contributed by atoms with E-state index in [1.807, 2.05) is 30.3 Å². The van der Waals surface area contributed by atoms with Crippen LogP contribution in [-0.4, -0.2) is 44.7 Å². The second-order valence-electron chi connectivity index (χ2n) is 6.99. The van der Waals surface area contributed by atoms with Gasteiger partial charge in [0, 0.05) is 36.8 Å². The second kappa shape index (κ2) is 8.20. The molecule has 0 bridgehead atoms. The summed E-state index contributed by atoms with van der Waals surface area (Å²) < 4.78 is 5.42. The normalized spacial score (nSPS) is 19.8. The van der Waals surface area contributed by atoms with E-state index in [2.05, 4.69) is 10.2 Å². The summed E-state index contributed by atoms with van der Waals surface area (Å²) >= 11 is 6.04. The molecule has 146 valence electrons. The predicted molar refractivity (Wildman–Crippen MR) is 110 cm³/mol. The van der Waals surface area contributed by atoms with Crippen molar-refractivity contribution in [2.75, 3.05) is 48.0 Å². The summed E-state index contributed by atoms with van der Waals surface area (Å²) in [6.45, 7) is 3.28. The monoisotopic (exact) mass is 399 g/mol. The second-order valence-corrected chi connectivity index (χ2v) is 7.43. The van der Waals surface area contributed by atoms with Gasteiger partial charge in [-0.1, -0.05) is 29.8 Å². The topological polar surface area (TPSA) is 61.9 Å². The molecule has 0 aromatic heterocycles. The van der Waals surface area contributed by atoms with E-state index >= 15 is 0 Å². The van der Waals surface area contributed by atoms with Crippen LogP contribution in [-0.2, 0) is 14.3 Å². The first-order valence-corrected chi connectivity index (χ1v) is 9.78. The number of carbonyl (C=O) groups excluding carboxylic acids is 2. The molecule has 2 aliphatic heterocycles. The fourth-order valence-electron chi connectivity index (χ4n) is 3.67. The first kappa shape index (κ1) is 18.8. The number of morpholine rings is 1. The molecule has 4 rings (SSSR count). The Hall–Kier alpha value is -2.57. The van der Waals surface area contributed by atoms with Gasteiger partial charge in [0.25, 0.3) is 0 Å². The average molecular weight is 400 g/mol. The third-order valence-electron chi connectivity index (χ3n) is 5.13. The zero-order chi connectivity index (χ0) is 19.5. The van der Waals surface area contributed by atoms with Crippen LogP contribution in [0.1, 0.15) is 6.42 Å². The van der Waals surface area contributed by atoms with Crippen molar-refractivity contribution >= 4 is 40.5 Å². The maximum atomic E-state index is 12.9. The van der Waals surface area contributed by atoms with E-state index in [0.29, 0.717) is 24.8 Å². The third-order valence-corrected chi connectivity index (χ3v) is 5.36. The van der Waals surface area contributed by atoms with Gasteiger partial charge in [-0.3, -0.25) is 9.59 Å². The Balaban J connectivity index is 1.47. The summed E-state index contributed by atoms with van der Waals surface area (Å²) in [6.07, 6.45) is 0.193. The van der Waals surface area contributed by atoms with Crippen molar-refractivity contribution < 1.29 is 14.3 Å². The van der Waals surface area contributed by atoms with Crippen molar-refractivity contribution in [3.8, 4) is 0 Å². The van der Waals surface area contributed by atoms with E-state index in [1.54, 1.807) is 23.1 Å². The molecular weight excluding hydrogens is 378 g/mol. The zero-order valence-corrected chi connectivity index (χ0v) is 16.2. The molecule has 0 radical (unpaired) electrons. The fourth-order valence-corrected chi connectivity index (χ4v) is 3.86. The quantitative estimate of drug-likeness (QED) is 0.857. The number of benzene rings is 2. The number of halogens is 1. The summed E-state index contributed by atoms with van der Waals surface area (Å²) in [6, 6.07) is 14.9. The highest BCUT2D eigenvalue weighted by Crippen LogP contribution is 2.30. The number of nitrogens with one attached hydrogen (secondary N) is 1. The largest absolute Gasteiger partial charge is 0.378 e. The van der Waals surface area contributed by atoms with E-state index in [0.717, 1.165) is 30.2 Å². The molecule has 7 heteroatoms. The van der Waals surface area contributed by atoms with Crippen molar-refractivity contribution in [3.05, 3.63) is 53.6 Å². The van der Waals surface area contributed by atoms with Gasteiger partial charge in [0.05, 0.1) is 30.5 Å². The molecule has 2 fully saturated rings. The lowest BCUT2D eigenvalue weighted by molar-refractivity contribution is -0.122. The van der Waals surface area contributed by atoms with Crippen LogP contribution < -0.4 is 15.1 Å². The van der Waals surface area contributed by atoms with Gasteiger partial charge in [-0.2, -0.15) is 0 Å². The lowest BCUT2D eigenvalue weighted by Gasteiger charge is -2.30. The molecule has 0 spiro atoms. The highest BCUT2D eigenvalue weighted by molar-refractivity contribution is 6.31. The molecule has 2 heterocycles. The molecule has 2 saturated heterocycles. The maximum absolute atomic E-state index is 12.9. The molecule has 2 aromatic rings. The van der Waals surface area contributed by atoms with Crippen molar-refractivity contribution in [2.45, 2.75) is 6.42 Å². The first-order chi connectivity index (χ1) is 13.6. The van der Waals surface area contributed by atoms with E-state index in [-0.39, 0.29) is 18.2 Å². The maximum Gasteiger partial charge on any atom is 0.229 e. The Labute approximate surface area is 169 Å².